The molecule has 0 bridgehead atoms. The van der Waals surface area contributed by atoms with Gasteiger partial charge in [-0.05, 0) is 24.6 Å². The van der Waals surface area contributed by atoms with Gasteiger partial charge in [-0.3, -0.25) is 9.59 Å². The van der Waals surface area contributed by atoms with Gasteiger partial charge in [0.05, 0.1) is 17.6 Å². The Labute approximate surface area is 154 Å². The lowest BCUT2D eigenvalue weighted by Crippen LogP contribution is -2.25. The Kier molecular flexibility index (Phi) is 4.25. The van der Waals surface area contributed by atoms with E-state index in [4.69, 9.17) is 4.52 Å². The summed E-state index contributed by atoms with van der Waals surface area (Å²) in [5, 5.41) is 7.31. The van der Waals surface area contributed by atoms with E-state index in [1.165, 1.54) is 6.07 Å². The number of H-pyrrole nitrogens is 1. The normalized spacial score (nSPS) is 10.9. The third kappa shape index (κ3) is 3.35. The van der Waals surface area contributed by atoms with Crippen molar-refractivity contribution in [2.24, 2.45) is 0 Å². The standard InChI is InChI=1S/C20H16N4O3/c1-12-6-5-9-14-15(10-17(25)23-18(12)14)19(26)21-11-16-22-20(27-24-16)13-7-3-2-4-8-13/h2-10H,11H2,1H3,(H,21,26)(H,23,25). The van der Waals surface area contributed by atoms with Crippen LogP contribution in [0.25, 0.3) is 22.4 Å². The van der Waals surface area contributed by atoms with Crippen molar-refractivity contribution in [1.82, 2.24) is 20.4 Å². The zero-order valence-corrected chi connectivity index (χ0v) is 14.5. The van der Waals surface area contributed by atoms with Crippen LogP contribution in [0.2, 0.25) is 0 Å². The van der Waals surface area contributed by atoms with Gasteiger partial charge in [-0.15, -0.1) is 0 Å². The number of aryl methyl sites for hydroxylation is 1. The Morgan fingerprint density at radius 1 is 1.15 bits per heavy atom. The number of benzene rings is 2. The summed E-state index contributed by atoms with van der Waals surface area (Å²) >= 11 is 0. The van der Waals surface area contributed by atoms with Gasteiger partial charge in [0.1, 0.15) is 0 Å². The Bertz CT molecular complexity index is 1180. The summed E-state index contributed by atoms with van der Waals surface area (Å²) in [4.78, 5) is 31.6. The zero-order valence-electron chi connectivity index (χ0n) is 14.5. The van der Waals surface area contributed by atoms with Crippen LogP contribution in [0.3, 0.4) is 0 Å². The fourth-order valence-corrected chi connectivity index (χ4v) is 2.89. The van der Waals surface area contributed by atoms with Gasteiger partial charge >= 0.3 is 0 Å². The van der Waals surface area contributed by atoms with Gasteiger partial charge in [0.25, 0.3) is 11.8 Å². The number of aromatic nitrogens is 3. The molecule has 134 valence electrons. The van der Waals surface area contributed by atoms with E-state index in [1.54, 1.807) is 6.07 Å². The first-order valence-electron chi connectivity index (χ1n) is 8.40. The van der Waals surface area contributed by atoms with Crippen LogP contribution in [0.4, 0.5) is 0 Å². The number of pyridine rings is 1. The number of hydrogen-bond acceptors (Lipinski definition) is 5. The second-order valence-corrected chi connectivity index (χ2v) is 6.11. The number of carbonyl (C=O) groups excluding carboxylic acids is 1. The molecule has 7 nitrogen and oxygen atoms in total. The summed E-state index contributed by atoms with van der Waals surface area (Å²) < 4.78 is 5.23. The maximum atomic E-state index is 12.6. The lowest BCUT2D eigenvalue weighted by Gasteiger charge is -2.08. The number of carbonyl (C=O) groups is 1. The van der Waals surface area contributed by atoms with E-state index in [1.807, 2.05) is 49.4 Å². The molecule has 1 amide bonds. The highest BCUT2D eigenvalue weighted by Gasteiger charge is 2.14. The molecule has 2 heterocycles. The molecule has 2 aromatic heterocycles. The quantitative estimate of drug-likeness (QED) is 0.583. The predicted molar refractivity (Wildman–Crippen MR) is 100 cm³/mol. The maximum absolute atomic E-state index is 12.6. The number of amides is 1. The first kappa shape index (κ1) is 16.7. The van der Waals surface area contributed by atoms with Crippen molar-refractivity contribution < 1.29 is 9.32 Å². The molecule has 4 aromatic rings. The molecular formula is C20H16N4O3. The molecule has 0 saturated heterocycles. The number of nitrogens with one attached hydrogen (secondary N) is 2. The van der Waals surface area contributed by atoms with E-state index in [2.05, 4.69) is 20.4 Å². The number of rotatable bonds is 4. The number of nitrogens with zero attached hydrogens (tertiary/aromatic N) is 2. The van der Waals surface area contributed by atoms with Crippen LogP contribution < -0.4 is 10.9 Å². The van der Waals surface area contributed by atoms with Crippen LogP contribution in [0, 0.1) is 6.92 Å². The van der Waals surface area contributed by atoms with Crippen molar-refractivity contribution in [3.8, 4) is 11.5 Å². The molecule has 0 radical (unpaired) electrons. The molecule has 7 heteroatoms. The molecule has 0 unspecified atom stereocenters. The van der Waals surface area contributed by atoms with E-state index in [9.17, 15) is 9.59 Å². The first-order chi connectivity index (χ1) is 13.1. The van der Waals surface area contributed by atoms with Crippen molar-refractivity contribution in [3.63, 3.8) is 0 Å². The van der Waals surface area contributed by atoms with Crippen molar-refractivity contribution in [1.29, 1.82) is 0 Å². The average Bonchev–Trinajstić information content (AvgIpc) is 3.16. The SMILES string of the molecule is Cc1cccc2c(C(=O)NCc3noc(-c4ccccc4)n3)cc(=O)[nH]c12. The van der Waals surface area contributed by atoms with Crippen molar-refractivity contribution in [3.05, 3.63) is 81.9 Å². The number of para-hydroxylation sites is 1. The minimum Gasteiger partial charge on any atom is -0.345 e. The minimum atomic E-state index is -0.372. The fourth-order valence-electron chi connectivity index (χ4n) is 2.89. The van der Waals surface area contributed by atoms with Gasteiger partial charge in [-0.2, -0.15) is 4.98 Å². The number of hydrogen-bond donors (Lipinski definition) is 2. The molecule has 0 atom stereocenters. The maximum Gasteiger partial charge on any atom is 0.257 e. The van der Waals surface area contributed by atoms with Crippen LogP contribution in [0.1, 0.15) is 21.7 Å². The van der Waals surface area contributed by atoms with Gasteiger partial charge in [0.15, 0.2) is 5.82 Å². The molecule has 0 aliphatic rings. The number of fused-ring (bicyclic) bond motifs is 1. The van der Waals surface area contributed by atoms with Gasteiger partial charge in [-0.1, -0.05) is 41.6 Å². The molecule has 4 rings (SSSR count). The molecule has 0 saturated carbocycles. The third-order valence-corrected chi connectivity index (χ3v) is 4.23. The largest absolute Gasteiger partial charge is 0.345 e. The Morgan fingerprint density at radius 2 is 1.96 bits per heavy atom. The van der Waals surface area contributed by atoms with E-state index in [0.717, 1.165) is 11.1 Å². The minimum absolute atomic E-state index is 0.0925. The van der Waals surface area contributed by atoms with Crippen LogP contribution in [-0.4, -0.2) is 21.0 Å². The molecule has 0 aliphatic carbocycles. The van der Waals surface area contributed by atoms with E-state index in [-0.39, 0.29) is 18.0 Å². The lowest BCUT2D eigenvalue weighted by molar-refractivity contribution is 0.0951. The van der Waals surface area contributed by atoms with Gasteiger partial charge in [-0.25, -0.2) is 0 Å². The molecule has 0 aliphatic heterocycles. The Hall–Kier alpha value is -3.74. The molecule has 27 heavy (non-hydrogen) atoms. The van der Waals surface area contributed by atoms with Crippen LogP contribution in [0.15, 0.2) is 63.9 Å². The monoisotopic (exact) mass is 360 g/mol. The van der Waals surface area contributed by atoms with Crippen LogP contribution >= 0.6 is 0 Å². The highest BCUT2D eigenvalue weighted by molar-refractivity contribution is 6.06. The predicted octanol–water partition coefficient (Wildman–Crippen LogP) is 2.82. The van der Waals surface area contributed by atoms with Crippen LogP contribution in [0.5, 0.6) is 0 Å². The molecule has 0 spiro atoms. The highest BCUT2D eigenvalue weighted by Crippen LogP contribution is 2.19. The van der Waals surface area contributed by atoms with E-state index < -0.39 is 0 Å². The van der Waals surface area contributed by atoms with Crippen molar-refractivity contribution in [2.45, 2.75) is 13.5 Å². The van der Waals surface area contributed by atoms with Gasteiger partial charge < -0.3 is 14.8 Å². The highest BCUT2D eigenvalue weighted by atomic mass is 16.5. The Balaban J connectivity index is 1.56. The summed E-state index contributed by atoms with van der Waals surface area (Å²) in [6.07, 6.45) is 0. The van der Waals surface area contributed by atoms with E-state index >= 15 is 0 Å². The average molecular weight is 360 g/mol. The Morgan fingerprint density at radius 3 is 2.78 bits per heavy atom. The second kappa shape index (κ2) is 6.87. The molecule has 2 N–H and O–H groups in total. The summed E-state index contributed by atoms with van der Waals surface area (Å²) in [7, 11) is 0. The van der Waals surface area contributed by atoms with Gasteiger partial charge in [0, 0.05) is 17.0 Å². The smallest absolute Gasteiger partial charge is 0.257 e. The summed E-state index contributed by atoms with van der Waals surface area (Å²) in [6, 6.07) is 16.2. The first-order valence-corrected chi connectivity index (χ1v) is 8.40. The van der Waals surface area contributed by atoms with E-state index in [0.29, 0.717) is 28.2 Å². The zero-order chi connectivity index (χ0) is 18.8. The summed E-state index contributed by atoms with van der Waals surface area (Å²) in [5.41, 5.74) is 2.33. The topological polar surface area (TPSA) is 101 Å². The summed E-state index contributed by atoms with van der Waals surface area (Å²) in [5.74, 6) is 0.368. The lowest BCUT2D eigenvalue weighted by atomic mass is 10.1. The summed E-state index contributed by atoms with van der Waals surface area (Å²) in [6.45, 7) is 1.97. The van der Waals surface area contributed by atoms with Crippen molar-refractivity contribution in [2.75, 3.05) is 0 Å². The van der Waals surface area contributed by atoms with Crippen LogP contribution in [-0.2, 0) is 6.54 Å². The fraction of sp³-hybridized carbons (Fsp3) is 0.100. The molecule has 2 aromatic carbocycles. The van der Waals surface area contributed by atoms with Gasteiger partial charge in [0.2, 0.25) is 5.56 Å². The van der Waals surface area contributed by atoms with Crippen molar-refractivity contribution >= 4 is 16.8 Å². The second-order valence-electron chi connectivity index (χ2n) is 6.11. The third-order valence-electron chi connectivity index (χ3n) is 4.23. The molecular weight excluding hydrogens is 344 g/mol. The number of aromatic amines is 1. The molecule has 0 fully saturated rings.